The molecule has 0 bridgehead atoms. The lowest BCUT2D eigenvalue weighted by molar-refractivity contribution is 0.402. The fraction of sp³-hybridized carbons (Fsp3) is 0.217. The number of ether oxygens (including phenoxy) is 1. The smallest absolute Gasteiger partial charge is 0.267 e. The van der Waals surface area contributed by atoms with Gasteiger partial charge in [0.15, 0.2) is 11.4 Å². The third kappa shape index (κ3) is 5.27. The van der Waals surface area contributed by atoms with E-state index in [9.17, 15) is 16.8 Å². The molecule has 4 rings (SSSR count). The van der Waals surface area contributed by atoms with Crippen LogP contribution in [0.4, 0.5) is 5.82 Å². The highest BCUT2D eigenvalue weighted by atomic mass is 32.2. The number of hydrogen-bond donors (Lipinski definition) is 2. The molecular formula is C23H25N5O6S2. The summed E-state index contributed by atoms with van der Waals surface area (Å²) < 4.78 is 66.7. The molecule has 13 heteroatoms. The van der Waals surface area contributed by atoms with Crippen molar-refractivity contribution in [3.05, 3.63) is 77.0 Å². The summed E-state index contributed by atoms with van der Waals surface area (Å²) >= 11 is 0. The Morgan fingerprint density at radius 1 is 1.14 bits per heavy atom. The van der Waals surface area contributed by atoms with Gasteiger partial charge in [0.25, 0.3) is 10.0 Å². The van der Waals surface area contributed by atoms with Gasteiger partial charge in [0.1, 0.15) is 10.6 Å². The molecule has 2 heterocycles. The number of nitrogens with zero attached hydrogens (tertiary/aromatic N) is 3. The van der Waals surface area contributed by atoms with Gasteiger partial charge >= 0.3 is 0 Å². The summed E-state index contributed by atoms with van der Waals surface area (Å²) in [6.07, 6.45) is 3.29. The van der Waals surface area contributed by atoms with Gasteiger partial charge in [-0.2, -0.15) is 5.10 Å². The van der Waals surface area contributed by atoms with Crippen molar-refractivity contribution >= 4 is 36.8 Å². The third-order valence-electron chi connectivity index (χ3n) is 5.45. The number of aryl methyl sites for hydroxylation is 2. The van der Waals surface area contributed by atoms with Crippen LogP contribution in [0.2, 0.25) is 0 Å². The summed E-state index contributed by atoms with van der Waals surface area (Å²) in [4.78, 5) is 0.0304. The van der Waals surface area contributed by atoms with E-state index in [1.54, 1.807) is 48.3 Å². The molecule has 0 spiro atoms. The molecule has 0 atom stereocenters. The predicted molar refractivity (Wildman–Crippen MR) is 135 cm³/mol. The van der Waals surface area contributed by atoms with Gasteiger partial charge < -0.3 is 9.26 Å². The standard InChI is InChI=1S/C23H25N5O6S2/c1-5-35(29,30)25-12-18-11-24-28(14-18)13-17-9-16(3)21-20(10-17)34-26-23(21)27-36(31,32)22-15(2)7-6-8-19(22)33-4/h5-11,14,25H,1,12-13H2,2-4H3,(H,26,27). The molecule has 4 aromatic rings. The molecule has 0 fully saturated rings. The van der Waals surface area contributed by atoms with E-state index in [-0.39, 0.29) is 23.0 Å². The van der Waals surface area contributed by atoms with Gasteiger partial charge in [-0.1, -0.05) is 29.9 Å². The summed E-state index contributed by atoms with van der Waals surface area (Å²) in [6, 6.07) is 8.61. The summed E-state index contributed by atoms with van der Waals surface area (Å²) in [5.74, 6) is 0.306. The molecule has 11 nitrogen and oxygen atoms in total. The average molecular weight is 532 g/mol. The van der Waals surface area contributed by atoms with Crippen molar-refractivity contribution < 1.29 is 26.1 Å². The lowest BCUT2D eigenvalue weighted by Crippen LogP contribution is -2.19. The highest BCUT2D eigenvalue weighted by Crippen LogP contribution is 2.33. The van der Waals surface area contributed by atoms with Gasteiger partial charge in [-0.15, -0.1) is 0 Å². The van der Waals surface area contributed by atoms with Crippen LogP contribution in [0.1, 0.15) is 22.3 Å². The predicted octanol–water partition coefficient (Wildman–Crippen LogP) is 3.06. The molecule has 2 N–H and O–H groups in total. The summed E-state index contributed by atoms with van der Waals surface area (Å²) in [5.41, 5.74) is 3.22. The first-order valence-electron chi connectivity index (χ1n) is 10.7. The van der Waals surface area contributed by atoms with Gasteiger partial charge in [-0.25, -0.2) is 21.6 Å². The van der Waals surface area contributed by atoms with Crippen molar-refractivity contribution in [1.82, 2.24) is 19.7 Å². The van der Waals surface area contributed by atoms with Crippen LogP contribution in [-0.4, -0.2) is 38.9 Å². The second-order valence-corrected chi connectivity index (χ2v) is 11.4. The molecular weight excluding hydrogens is 506 g/mol. The van der Waals surface area contributed by atoms with E-state index >= 15 is 0 Å². The van der Waals surface area contributed by atoms with Crippen LogP contribution in [0.15, 0.2) is 64.1 Å². The fourth-order valence-corrected chi connectivity index (χ4v) is 5.72. The minimum atomic E-state index is -4.01. The summed E-state index contributed by atoms with van der Waals surface area (Å²) in [5, 5.41) is 9.61. The number of rotatable bonds is 10. The molecule has 0 saturated heterocycles. The van der Waals surface area contributed by atoms with Crippen molar-refractivity contribution in [3.8, 4) is 5.75 Å². The zero-order valence-electron chi connectivity index (χ0n) is 19.8. The lowest BCUT2D eigenvalue weighted by atomic mass is 10.1. The first-order valence-corrected chi connectivity index (χ1v) is 13.7. The largest absolute Gasteiger partial charge is 0.495 e. The molecule has 36 heavy (non-hydrogen) atoms. The zero-order valence-corrected chi connectivity index (χ0v) is 21.5. The lowest BCUT2D eigenvalue weighted by Gasteiger charge is -2.13. The van der Waals surface area contributed by atoms with Crippen LogP contribution in [0.5, 0.6) is 5.75 Å². The van der Waals surface area contributed by atoms with Crippen LogP contribution in [0.25, 0.3) is 11.0 Å². The maximum absolute atomic E-state index is 13.2. The van der Waals surface area contributed by atoms with Crippen LogP contribution >= 0.6 is 0 Å². The Balaban J connectivity index is 1.57. The number of anilines is 1. The van der Waals surface area contributed by atoms with E-state index < -0.39 is 20.0 Å². The van der Waals surface area contributed by atoms with Gasteiger partial charge in [0.2, 0.25) is 10.0 Å². The minimum Gasteiger partial charge on any atom is -0.495 e. The van der Waals surface area contributed by atoms with E-state index in [1.807, 2.05) is 13.0 Å². The molecule has 190 valence electrons. The molecule has 0 saturated carbocycles. The van der Waals surface area contributed by atoms with Crippen LogP contribution in [0.3, 0.4) is 0 Å². The van der Waals surface area contributed by atoms with E-state index in [4.69, 9.17) is 9.26 Å². The monoisotopic (exact) mass is 531 g/mol. The van der Waals surface area contributed by atoms with E-state index in [0.29, 0.717) is 28.6 Å². The van der Waals surface area contributed by atoms with Gasteiger partial charge in [-0.05, 0) is 42.7 Å². The van der Waals surface area contributed by atoms with Crippen molar-refractivity contribution in [2.45, 2.75) is 31.8 Å². The Hall–Kier alpha value is -3.68. The molecule has 2 aromatic carbocycles. The number of hydrogen-bond acceptors (Lipinski definition) is 8. The second-order valence-electron chi connectivity index (χ2n) is 8.11. The molecule has 2 aromatic heterocycles. The van der Waals surface area contributed by atoms with Crippen molar-refractivity contribution in [2.75, 3.05) is 11.8 Å². The van der Waals surface area contributed by atoms with E-state index in [2.05, 4.69) is 26.3 Å². The Kier molecular flexibility index (Phi) is 6.89. The Morgan fingerprint density at radius 3 is 2.64 bits per heavy atom. The number of nitrogens with one attached hydrogen (secondary N) is 2. The highest BCUT2D eigenvalue weighted by Gasteiger charge is 2.25. The molecule has 0 radical (unpaired) electrons. The molecule has 0 unspecified atom stereocenters. The maximum Gasteiger partial charge on any atom is 0.267 e. The first kappa shape index (κ1) is 25.4. The minimum absolute atomic E-state index is 0.0304. The van der Waals surface area contributed by atoms with E-state index in [1.165, 1.54) is 7.11 Å². The fourth-order valence-electron chi connectivity index (χ4n) is 3.83. The molecule has 0 aliphatic carbocycles. The number of fused-ring (bicyclic) bond motifs is 1. The third-order valence-corrected chi connectivity index (χ3v) is 7.96. The highest BCUT2D eigenvalue weighted by molar-refractivity contribution is 7.93. The number of sulfonamides is 2. The zero-order chi connectivity index (χ0) is 26.1. The normalized spacial score (nSPS) is 12.1. The maximum atomic E-state index is 13.2. The van der Waals surface area contributed by atoms with Gasteiger partial charge in [-0.3, -0.25) is 9.40 Å². The Labute approximate surface area is 208 Å². The molecule has 0 amide bonds. The second kappa shape index (κ2) is 9.76. The molecule has 0 aliphatic heterocycles. The van der Waals surface area contributed by atoms with Crippen molar-refractivity contribution in [1.29, 1.82) is 0 Å². The quantitative estimate of drug-likeness (QED) is 0.318. The van der Waals surface area contributed by atoms with Crippen LogP contribution in [0, 0.1) is 13.8 Å². The Morgan fingerprint density at radius 2 is 1.92 bits per heavy atom. The SMILES string of the molecule is C=CS(=O)(=O)NCc1cnn(Cc2cc(C)c3c(NS(=O)(=O)c4c(C)cccc4OC)noc3c2)c1. The number of benzene rings is 2. The molecule has 0 aliphatic rings. The average Bonchev–Trinajstić information content (AvgIpc) is 3.44. The topological polar surface area (TPSA) is 145 Å². The van der Waals surface area contributed by atoms with Crippen LogP contribution < -0.4 is 14.2 Å². The van der Waals surface area contributed by atoms with Crippen molar-refractivity contribution in [2.24, 2.45) is 0 Å². The number of aromatic nitrogens is 3. The van der Waals surface area contributed by atoms with E-state index in [0.717, 1.165) is 16.5 Å². The summed E-state index contributed by atoms with van der Waals surface area (Å²) in [7, 11) is -6.13. The number of methoxy groups -OCH3 is 1. The first-order chi connectivity index (χ1) is 17.0. The van der Waals surface area contributed by atoms with Crippen LogP contribution in [-0.2, 0) is 33.1 Å². The van der Waals surface area contributed by atoms with Crippen molar-refractivity contribution in [3.63, 3.8) is 0 Å². The summed E-state index contributed by atoms with van der Waals surface area (Å²) in [6.45, 7) is 7.24. The Bertz CT molecular complexity index is 1660. The van der Waals surface area contributed by atoms with Gasteiger partial charge in [0.05, 0.1) is 25.2 Å². The van der Waals surface area contributed by atoms with Gasteiger partial charge in [0, 0.05) is 23.7 Å².